The Morgan fingerprint density at radius 1 is 1.06 bits per heavy atom. The SMILES string of the molecule is O=C(O)c1ccc(NC(=O)C(c2c3c(nn2-c2ccc(Cl)cc2)CCC3)C2CCCCC2)c(F)c1. The largest absolute Gasteiger partial charge is 0.478 e. The lowest BCUT2D eigenvalue weighted by molar-refractivity contribution is -0.119. The Morgan fingerprint density at radius 3 is 2.49 bits per heavy atom. The number of anilines is 1. The number of amides is 1. The number of fused-ring (bicyclic) bond motifs is 1. The minimum atomic E-state index is -1.22. The van der Waals surface area contributed by atoms with Crippen molar-refractivity contribution < 1.29 is 19.1 Å². The van der Waals surface area contributed by atoms with Crippen molar-refractivity contribution in [2.24, 2.45) is 5.92 Å². The van der Waals surface area contributed by atoms with Crippen LogP contribution in [0.15, 0.2) is 42.5 Å². The van der Waals surface area contributed by atoms with Gasteiger partial charge in [0.25, 0.3) is 0 Å². The first-order valence-electron chi connectivity index (χ1n) is 12.1. The van der Waals surface area contributed by atoms with E-state index in [2.05, 4.69) is 5.32 Å². The van der Waals surface area contributed by atoms with Crippen LogP contribution in [-0.4, -0.2) is 26.8 Å². The van der Waals surface area contributed by atoms with Crippen molar-refractivity contribution in [3.63, 3.8) is 0 Å². The molecular weight excluding hydrogens is 469 g/mol. The lowest BCUT2D eigenvalue weighted by atomic mass is 9.77. The molecule has 0 saturated heterocycles. The molecular formula is C27H27ClFN3O3. The number of carboxylic acids is 1. The highest BCUT2D eigenvalue weighted by Gasteiger charge is 2.38. The number of hydrogen-bond donors (Lipinski definition) is 2. The van der Waals surface area contributed by atoms with Crippen LogP contribution in [0.4, 0.5) is 10.1 Å². The van der Waals surface area contributed by atoms with Crippen LogP contribution in [0.5, 0.6) is 0 Å². The summed E-state index contributed by atoms with van der Waals surface area (Å²) < 4.78 is 16.6. The Balaban J connectivity index is 1.57. The predicted octanol–water partition coefficient (Wildman–Crippen LogP) is 6.15. The molecule has 3 aromatic rings. The molecule has 1 fully saturated rings. The van der Waals surface area contributed by atoms with Crippen molar-refractivity contribution in [1.29, 1.82) is 0 Å². The van der Waals surface area contributed by atoms with E-state index in [9.17, 15) is 14.0 Å². The summed E-state index contributed by atoms with van der Waals surface area (Å²) in [5.74, 6) is -2.67. The van der Waals surface area contributed by atoms with E-state index >= 15 is 0 Å². The first-order chi connectivity index (χ1) is 16.9. The van der Waals surface area contributed by atoms with E-state index in [0.717, 1.165) is 80.1 Å². The number of carbonyl (C=O) groups is 2. The van der Waals surface area contributed by atoms with E-state index < -0.39 is 17.7 Å². The van der Waals surface area contributed by atoms with Gasteiger partial charge in [-0.1, -0.05) is 30.9 Å². The average Bonchev–Trinajstić information content (AvgIpc) is 3.44. The highest BCUT2D eigenvalue weighted by atomic mass is 35.5. The molecule has 1 atom stereocenters. The molecule has 35 heavy (non-hydrogen) atoms. The van der Waals surface area contributed by atoms with E-state index in [0.29, 0.717) is 5.02 Å². The maximum Gasteiger partial charge on any atom is 0.335 e. The highest BCUT2D eigenvalue weighted by Crippen LogP contribution is 2.42. The van der Waals surface area contributed by atoms with Gasteiger partial charge in [0.1, 0.15) is 5.82 Å². The zero-order valence-corrected chi connectivity index (χ0v) is 20.0. The van der Waals surface area contributed by atoms with Gasteiger partial charge in [-0.25, -0.2) is 13.9 Å². The lowest BCUT2D eigenvalue weighted by Gasteiger charge is -2.31. The second-order valence-corrected chi connectivity index (χ2v) is 9.85. The summed E-state index contributed by atoms with van der Waals surface area (Å²) in [6.07, 6.45) is 7.80. The van der Waals surface area contributed by atoms with Crippen molar-refractivity contribution in [1.82, 2.24) is 9.78 Å². The van der Waals surface area contributed by atoms with Crippen LogP contribution in [0.25, 0.3) is 5.69 Å². The van der Waals surface area contributed by atoms with Gasteiger partial charge in [-0.05, 0) is 86.1 Å². The minimum absolute atomic E-state index is 0.0185. The van der Waals surface area contributed by atoms with Gasteiger partial charge in [0, 0.05) is 5.02 Å². The molecule has 5 rings (SSSR count). The number of rotatable bonds is 6. The third kappa shape index (κ3) is 4.69. The topological polar surface area (TPSA) is 84.2 Å². The number of aromatic nitrogens is 2. The summed E-state index contributed by atoms with van der Waals surface area (Å²) in [6.45, 7) is 0. The normalized spacial score (nSPS) is 16.6. The molecule has 1 amide bonds. The Morgan fingerprint density at radius 2 is 1.80 bits per heavy atom. The zero-order valence-electron chi connectivity index (χ0n) is 19.3. The Labute approximate surface area is 208 Å². The quantitative estimate of drug-likeness (QED) is 0.429. The van der Waals surface area contributed by atoms with Crippen molar-refractivity contribution in [3.8, 4) is 5.69 Å². The van der Waals surface area contributed by atoms with Crippen molar-refractivity contribution >= 4 is 29.2 Å². The van der Waals surface area contributed by atoms with Crippen LogP contribution >= 0.6 is 11.6 Å². The maximum absolute atomic E-state index is 14.7. The number of carbonyl (C=O) groups excluding carboxylic acids is 1. The summed E-state index contributed by atoms with van der Waals surface area (Å²) >= 11 is 6.12. The summed E-state index contributed by atoms with van der Waals surface area (Å²) in [5, 5.41) is 17.4. The molecule has 0 spiro atoms. The van der Waals surface area contributed by atoms with E-state index in [1.165, 1.54) is 12.1 Å². The Hall–Kier alpha value is -3.19. The van der Waals surface area contributed by atoms with Crippen LogP contribution in [0.1, 0.15) is 71.8 Å². The lowest BCUT2D eigenvalue weighted by Crippen LogP contribution is -2.31. The summed E-state index contributed by atoms with van der Waals surface area (Å²) in [6, 6.07) is 11.0. The summed E-state index contributed by atoms with van der Waals surface area (Å²) in [7, 11) is 0. The maximum atomic E-state index is 14.7. The van der Waals surface area contributed by atoms with Gasteiger partial charge < -0.3 is 10.4 Å². The molecule has 0 bridgehead atoms. The van der Waals surface area contributed by atoms with Gasteiger partial charge in [0.2, 0.25) is 5.91 Å². The molecule has 1 unspecified atom stereocenters. The molecule has 0 radical (unpaired) electrons. The summed E-state index contributed by atoms with van der Waals surface area (Å²) in [5.41, 5.74) is 3.67. The van der Waals surface area contributed by atoms with Crippen molar-refractivity contribution in [2.75, 3.05) is 5.32 Å². The number of aryl methyl sites for hydroxylation is 1. The van der Waals surface area contributed by atoms with E-state index in [1.807, 2.05) is 28.9 Å². The number of halogens is 2. The smallest absolute Gasteiger partial charge is 0.335 e. The van der Waals surface area contributed by atoms with Crippen molar-refractivity contribution in [2.45, 2.75) is 57.3 Å². The molecule has 2 aromatic carbocycles. The molecule has 182 valence electrons. The first-order valence-corrected chi connectivity index (χ1v) is 12.5. The number of nitrogens with one attached hydrogen (secondary N) is 1. The zero-order chi connectivity index (χ0) is 24.5. The fraction of sp³-hybridized carbons (Fsp3) is 0.370. The first kappa shape index (κ1) is 23.5. The van der Waals surface area contributed by atoms with Gasteiger partial charge in [0.15, 0.2) is 0 Å². The standard InChI is InChI=1S/C27H27ClFN3O3/c28-18-10-12-19(13-11-18)32-25(20-7-4-8-22(20)31-32)24(16-5-2-1-3-6-16)26(33)30-23-14-9-17(27(34)35)15-21(23)29/h9-16,24H,1-8H2,(H,30,33)(H,34,35). The minimum Gasteiger partial charge on any atom is -0.478 e. The second-order valence-electron chi connectivity index (χ2n) is 9.42. The number of carboxylic acid groups (broad SMARTS) is 1. The van der Waals surface area contributed by atoms with Gasteiger partial charge in [-0.15, -0.1) is 0 Å². The molecule has 2 aliphatic rings. The third-order valence-electron chi connectivity index (χ3n) is 7.19. The number of benzene rings is 2. The third-order valence-corrected chi connectivity index (χ3v) is 7.44. The monoisotopic (exact) mass is 495 g/mol. The van der Waals surface area contributed by atoms with Gasteiger partial charge in [0.05, 0.1) is 34.2 Å². The van der Waals surface area contributed by atoms with E-state index in [-0.39, 0.29) is 23.1 Å². The number of nitrogens with zero attached hydrogens (tertiary/aromatic N) is 2. The summed E-state index contributed by atoms with van der Waals surface area (Å²) in [4.78, 5) is 25.0. The second kappa shape index (κ2) is 9.82. The van der Waals surface area contributed by atoms with E-state index in [1.54, 1.807) is 0 Å². The fourth-order valence-corrected chi connectivity index (χ4v) is 5.63. The van der Waals surface area contributed by atoms with E-state index in [4.69, 9.17) is 21.8 Å². The number of hydrogen-bond acceptors (Lipinski definition) is 3. The fourth-order valence-electron chi connectivity index (χ4n) is 5.50. The molecule has 1 saturated carbocycles. The molecule has 6 nitrogen and oxygen atoms in total. The van der Waals surface area contributed by atoms with Crippen LogP contribution in [0.2, 0.25) is 5.02 Å². The van der Waals surface area contributed by atoms with Gasteiger partial charge in [-0.3, -0.25) is 4.79 Å². The van der Waals surface area contributed by atoms with Crippen molar-refractivity contribution in [3.05, 3.63) is 75.8 Å². The highest BCUT2D eigenvalue weighted by molar-refractivity contribution is 6.30. The van der Waals surface area contributed by atoms with Crippen LogP contribution in [0.3, 0.4) is 0 Å². The average molecular weight is 496 g/mol. The van der Waals surface area contributed by atoms with Gasteiger partial charge in [-0.2, -0.15) is 5.10 Å². The predicted molar refractivity (Wildman–Crippen MR) is 132 cm³/mol. The molecule has 2 aliphatic carbocycles. The Bertz CT molecular complexity index is 1270. The molecule has 0 aliphatic heterocycles. The molecule has 1 aromatic heterocycles. The molecule has 8 heteroatoms. The van der Waals surface area contributed by atoms with Crippen LogP contribution < -0.4 is 5.32 Å². The molecule has 1 heterocycles. The van der Waals surface area contributed by atoms with Crippen LogP contribution in [0, 0.1) is 11.7 Å². The Kier molecular flexibility index (Phi) is 6.60. The molecule has 2 N–H and O–H groups in total. The van der Waals surface area contributed by atoms with Gasteiger partial charge >= 0.3 is 5.97 Å². The number of aromatic carboxylic acids is 1. The van der Waals surface area contributed by atoms with Crippen LogP contribution in [-0.2, 0) is 17.6 Å².